The molecule has 1 aliphatic rings. The molecule has 0 saturated carbocycles. The van der Waals surface area contributed by atoms with Crippen LogP contribution >= 0.6 is 0 Å². The molecule has 0 amide bonds. The van der Waals surface area contributed by atoms with Crippen molar-refractivity contribution in [2.45, 2.75) is 26.7 Å². The summed E-state index contributed by atoms with van der Waals surface area (Å²) in [5.41, 5.74) is 8.47. The minimum Gasteiger partial charge on any atom is -0.496 e. The molecule has 1 saturated heterocycles. The van der Waals surface area contributed by atoms with Gasteiger partial charge in [-0.1, -0.05) is 0 Å². The lowest BCUT2D eigenvalue weighted by Crippen LogP contribution is -2.39. The zero-order valence-electron chi connectivity index (χ0n) is 15.0. The Hall–Kier alpha value is -2.63. The molecule has 0 spiro atoms. The Labute approximate surface area is 148 Å². The first-order chi connectivity index (χ1) is 12.0. The molecule has 25 heavy (non-hydrogen) atoms. The molecule has 2 N–H and O–H groups in total. The number of carbonyl (C=O) groups is 1. The molecule has 1 unspecified atom stereocenters. The van der Waals surface area contributed by atoms with Crippen molar-refractivity contribution in [3.8, 4) is 5.75 Å². The molecule has 0 bridgehead atoms. The maximum Gasteiger partial charge on any atom is 0.227 e. The summed E-state index contributed by atoms with van der Waals surface area (Å²) in [7, 11) is 1.65. The van der Waals surface area contributed by atoms with Crippen LogP contribution in [0, 0.1) is 19.8 Å². The van der Waals surface area contributed by atoms with Crippen LogP contribution in [0.4, 0.5) is 11.8 Å². The molecule has 1 atom stereocenters. The SMILES string of the molecule is COc1c(C)cc(C(=O)C2CCCN(c3nccc(N)n3)C2)cc1C. The van der Waals surface area contributed by atoms with Crippen molar-refractivity contribution < 1.29 is 9.53 Å². The number of ketones is 1. The van der Waals surface area contributed by atoms with Gasteiger partial charge in [0.2, 0.25) is 5.95 Å². The van der Waals surface area contributed by atoms with E-state index in [9.17, 15) is 4.79 Å². The van der Waals surface area contributed by atoms with Crippen LogP contribution in [0.1, 0.15) is 34.3 Å². The second-order valence-electron chi connectivity index (χ2n) is 6.57. The Kier molecular flexibility index (Phi) is 4.88. The number of aryl methyl sites for hydroxylation is 2. The summed E-state index contributed by atoms with van der Waals surface area (Å²) in [6, 6.07) is 5.51. The fraction of sp³-hybridized carbons (Fsp3) is 0.421. The van der Waals surface area contributed by atoms with Gasteiger partial charge < -0.3 is 15.4 Å². The van der Waals surface area contributed by atoms with Crippen LogP contribution < -0.4 is 15.4 Å². The lowest BCUT2D eigenvalue weighted by molar-refractivity contribution is 0.0906. The summed E-state index contributed by atoms with van der Waals surface area (Å²) in [6.07, 6.45) is 3.46. The van der Waals surface area contributed by atoms with Crippen molar-refractivity contribution in [1.82, 2.24) is 9.97 Å². The average Bonchev–Trinajstić information content (AvgIpc) is 2.61. The van der Waals surface area contributed by atoms with Gasteiger partial charge in [-0.15, -0.1) is 0 Å². The van der Waals surface area contributed by atoms with Crippen LogP contribution in [0.3, 0.4) is 0 Å². The van der Waals surface area contributed by atoms with Crippen LogP contribution in [-0.2, 0) is 0 Å². The highest BCUT2D eigenvalue weighted by atomic mass is 16.5. The Morgan fingerprint density at radius 3 is 2.68 bits per heavy atom. The van der Waals surface area contributed by atoms with Crippen molar-refractivity contribution in [1.29, 1.82) is 0 Å². The maximum atomic E-state index is 13.0. The van der Waals surface area contributed by atoms with Gasteiger partial charge in [0.1, 0.15) is 11.6 Å². The number of nitrogen functional groups attached to an aromatic ring is 1. The highest BCUT2D eigenvalue weighted by Gasteiger charge is 2.28. The van der Waals surface area contributed by atoms with E-state index in [0.29, 0.717) is 18.3 Å². The number of carbonyl (C=O) groups excluding carboxylic acids is 1. The third-order valence-electron chi connectivity index (χ3n) is 4.69. The lowest BCUT2D eigenvalue weighted by Gasteiger charge is -2.32. The van der Waals surface area contributed by atoms with E-state index in [2.05, 4.69) is 9.97 Å². The van der Waals surface area contributed by atoms with Crippen molar-refractivity contribution in [2.75, 3.05) is 30.8 Å². The topological polar surface area (TPSA) is 81.3 Å². The Morgan fingerprint density at radius 1 is 1.32 bits per heavy atom. The highest BCUT2D eigenvalue weighted by Crippen LogP contribution is 2.28. The number of benzene rings is 1. The molecule has 0 aliphatic carbocycles. The normalized spacial score (nSPS) is 17.4. The zero-order valence-corrected chi connectivity index (χ0v) is 15.0. The third-order valence-corrected chi connectivity index (χ3v) is 4.69. The molecule has 1 fully saturated rings. The summed E-state index contributed by atoms with van der Waals surface area (Å²) >= 11 is 0. The molecular formula is C19H24N4O2. The average molecular weight is 340 g/mol. The second-order valence-corrected chi connectivity index (χ2v) is 6.57. The Bertz CT molecular complexity index is 768. The number of hydrogen-bond acceptors (Lipinski definition) is 6. The van der Waals surface area contributed by atoms with Crippen LogP contribution in [0.2, 0.25) is 0 Å². The fourth-order valence-electron chi connectivity index (χ4n) is 3.54. The molecular weight excluding hydrogens is 316 g/mol. The molecule has 132 valence electrons. The number of Topliss-reactive ketones (excluding diaryl/α,β-unsaturated/α-hetero) is 1. The maximum absolute atomic E-state index is 13.0. The molecule has 2 aromatic rings. The van der Waals surface area contributed by atoms with E-state index in [4.69, 9.17) is 10.5 Å². The largest absolute Gasteiger partial charge is 0.496 e. The zero-order chi connectivity index (χ0) is 18.0. The molecule has 2 heterocycles. The lowest BCUT2D eigenvalue weighted by atomic mass is 9.89. The summed E-state index contributed by atoms with van der Waals surface area (Å²) in [5, 5.41) is 0. The van der Waals surface area contributed by atoms with Gasteiger partial charge in [-0.25, -0.2) is 4.98 Å². The summed E-state index contributed by atoms with van der Waals surface area (Å²) < 4.78 is 5.39. The van der Waals surface area contributed by atoms with Gasteiger partial charge in [-0.3, -0.25) is 4.79 Å². The van der Waals surface area contributed by atoms with Gasteiger partial charge in [-0.2, -0.15) is 4.98 Å². The number of ether oxygens (including phenoxy) is 1. The van der Waals surface area contributed by atoms with Gasteiger partial charge in [-0.05, 0) is 56.0 Å². The molecule has 1 aliphatic heterocycles. The number of anilines is 2. The van der Waals surface area contributed by atoms with E-state index in [1.165, 1.54) is 0 Å². The monoisotopic (exact) mass is 340 g/mol. The Morgan fingerprint density at radius 2 is 2.04 bits per heavy atom. The first-order valence-electron chi connectivity index (χ1n) is 8.52. The third kappa shape index (κ3) is 3.57. The van der Waals surface area contributed by atoms with Crippen LogP contribution in [-0.4, -0.2) is 36.0 Å². The van der Waals surface area contributed by atoms with E-state index in [1.807, 2.05) is 30.9 Å². The van der Waals surface area contributed by atoms with Crippen molar-refractivity contribution >= 4 is 17.5 Å². The van der Waals surface area contributed by atoms with Crippen LogP contribution in [0.5, 0.6) is 5.75 Å². The molecule has 0 radical (unpaired) electrons. The second kappa shape index (κ2) is 7.09. The van der Waals surface area contributed by atoms with Crippen molar-refractivity contribution in [3.63, 3.8) is 0 Å². The number of methoxy groups -OCH3 is 1. The predicted octanol–water partition coefficient (Wildman–Crippen LogP) is 2.78. The standard InChI is InChI=1S/C19H24N4O2/c1-12-9-15(10-13(2)18(12)25-3)17(24)14-5-4-8-23(11-14)19-21-7-6-16(20)22-19/h6-7,9-10,14H,4-5,8,11H2,1-3H3,(H2,20,21,22). The van der Waals surface area contributed by atoms with Gasteiger partial charge in [0, 0.05) is 30.8 Å². The summed E-state index contributed by atoms with van der Waals surface area (Å²) in [5.74, 6) is 1.99. The smallest absolute Gasteiger partial charge is 0.227 e. The van der Waals surface area contributed by atoms with Crippen LogP contribution in [0.25, 0.3) is 0 Å². The molecule has 6 heteroatoms. The highest BCUT2D eigenvalue weighted by molar-refractivity contribution is 5.99. The van der Waals surface area contributed by atoms with E-state index in [-0.39, 0.29) is 11.7 Å². The minimum atomic E-state index is -0.0639. The number of nitrogens with zero attached hydrogens (tertiary/aromatic N) is 3. The Balaban J connectivity index is 1.80. The number of rotatable bonds is 4. The van der Waals surface area contributed by atoms with E-state index in [1.54, 1.807) is 19.4 Å². The number of nitrogens with two attached hydrogens (primary N) is 1. The van der Waals surface area contributed by atoms with Gasteiger partial charge >= 0.3 is 0 Å². The first-order valence-corrected chi connectivity index (χ1v) is 8.52. The van der Waals surface area contributed by atoms with Crippen molar-refractivity contribution in [3.05, 3.63) is 41.1 Å². The number of piperidine rings is 1. The van der Waals surface area contributed by atoms with Gasteiger partial charge in [0.05, 0.1) is 7.11 Å². The quantitative estimate of drug-likeness (QED) is 0.862. The van der Waals surface area contributed by atoms with Gasteiger partial charge in [0.25, 0.3) is 0 Å². The van der Waals surface area contributed by atoms with E-state index in [0.717, 1.165) is 41.8 Å². The first kappa shape index (κ1) is 17.2. The molecule has 3 rings (SSSR count). The fourth-order valence-corrected chi connectivity index (χ4v) is 3.54. The minimum absolute atomic E-state index is 0.0639. The molecule has 1 aromatic heterocycles. The predicted molar refractivity (Wildman–Crippen MR) is 98.2 cm³/mol. The van der Waals surface area contributed by atoms with E-state index >= 15 is 0 Å². The van der Waals surface area contributed by atoms with Crippen molar-refractivity contribution in [2.24, 2.45) is 5.92 Å². The number of aromatic nitrogens is 2. The molecule has 6 nitrogen and oxygen atoms in total. The van der Waals surface area contributed by atoms with Crippen LogP contribution in [0.15, 0.2) is 24.4 Å². The molecule has 1 aromatic carbocycles. The summed E-state index contributed by atoms with van der Waals surface area (Å²) in [4.78, 5) is 23.6. The van der Waals surface area contributed by atoms with E-state index < -0.39 is 0 Å². The van der Waals surface area contributed by atoms with Gasteiger partial charge in [0.15, 0.2) is 5.78 Å². The number of hydrogen-bond donors (Lipinski definition) is 1. The summed E-state index contributed by atoms with van der Waals surface area (Å²) in [6.45, 7) is 5.40.